The van der Waals surface area contributed by atoms with Crippen LogP contribution in [0.2, 0.25) is 0 Å². The Hall–Kier alpha value is -1.62. The Morgan fingerprint density at radius 2 is 2.26 bits per heavy atom. The fourth-order valence-electron chi connectivity index (χ4n) is 2.53. The highest BCUT2D eigenvalue weighted by Gasteiger charge is 2.23. The molecule has 0 aliphatic carbocycles. The third-order valence-electron chi connectivity index (χ3n) is 3.31. The van der Waals surface area contributed by atoms with E-state index in [1.807, 2.05) is 19.9 Å². The summed E-state index contributed by atoms with van der Waals surface area (Å²) in [5, 5.41) is 9.41. The Balaban J connectivity index is 2.44. The van der Waals surface area contributed by atoms with Crippen molar-refractivity contribution >= 4 is 11.7 Å². The van der Waals surface area contributed by atoms with Crippen LogP contribution in [0, 0.1) is 13.8 Å². The van der Waals surface area contributed by atoms with Gasteiger partial charge in [0, 0.05) is 25.4 Å². The highest BCUT2D eigenvalue weighted by atomic mass is 16.5. The second kappa shape index (κ2) is 5.57. The number of aryl methyl sites for hydroxylation is 2. The molecule has 1 fully saturated rings. The zero-order chi connectivity index (χ0) is 14.0. The van der Waals surface area contributed by atoms with E-state index >= 15 is 0 Å². The highest BCUT2D eigenvalue weighted by molar-refractivity contribution is 5.95. The molecular formula is C14H20N2O3. The van der Waals surface area contributed by atoms with E-state index in [2.05, 4.69) is 9.88 Å². The van der Waals surface area contributed by atoms with E-state index in [1.165, 1.54) is 0 Å². The van der Waals surface area contributed by atoms with E-state index in [9.17, 15) is 9.90 Å². The van der Waals surface area contributed by atoms with Crippen molar-refractivity contribution in [1.82, 2.24) is 4.98 Å². The number of hydrogen-bond acceptors (Lipinski definition) is 4. The lowest BCUT2D eigenvalue weighted by atomic mass is 10.1. The second-order valence-corrected chi connectivity index (χ2v) is 5.03. The minimum atomic E-state index is -0.919. The Morgan fingerprint density at radius 3 is 2.95 bits per heavy atom. The molecule has 1 unspecified atom stereocenters. The molecule has 5 nitrogen and oxygen atoms in total. The van der Waals surface area contributed by atoms with Gasteiger partial charge in [0.15, 0.2) is 0 Å². The minimum Gasteiger partial charge on any atom is -0.478 e. The zero-order valence-electron chi connectivity index (χ0n) is 11.6. The number of carboxylic acid groups (broad SMARTS) is 1. The van der Waals surface area contributed by atoms with Gasteiger partial charge < -0.3 is 14.7 Å². The Labute approximate surface area is 113 Å². The lowest BCUT2D eigenvalue weighted by molar-refractivity contribution is 0.0695. The van der Waals surface area contributed by atoms with E-state index in [1.54, 1.807) is 6.92 Å². The molecule has 1 N–H and O–H groups in total. The highest BCUT2D eigenvalue weighted by Crippen LogP contribution is 2.25. The fourth-order valence-corrected chi connectivity index (χ4v) is 2.53. The molecule has 0 bridgehead atoms. The second-order valence-electron chi connectivity index (χ2n) is 5.03. The van der Waals surface area contributed by atoms with Crippen molar-refractivity contribution < 1.29 is 14.6 Å². The molecule has 0 saturated carbocycles. The van der Waals surface area contributed by atoms with Crippen LogP contribution >= 0.6 is 0 Å². The predicted octanol–water partition coefficient (Wildman–Crippen LogP) is 2.01. The van der Waals surface area contributed by atoms with Gasteiger partial charge in [0.25, 0.3) is 0 Å². The molecule has 1 saturated heterocycles. The maximum Gasteiger partial charge on any atom is 0.339 e. The van der Waals surface area contributed by atoms with Crippen molar-refractivity contribution in [3.05, 3.63) is 23.0 Å². The average molecular weight is 264 g/mol. The Morgan fingerprint density at radius 1 is 1.53 bits per heavy atom. The van der Waals surface area contributed by atoms with E-state index in [0.717, 1.165) is 31.0 Å². The number of carboxylic acids is 1. The summed E-state index contributed by atoms with van der Waals surface area (Å²) < 4.78 is 5.61. The maximum atomic E-state index is 11.5. The minimum absolute atomic E-state index is 0.109. The van der Waals surface area contributed by atoms with Crippen LogP contribution < -0.4 is 4.90 Å². The van der Waals surface area contributed by atoms with Gasteiger partial charge in [-0.1, -0.05) is 0 Å². The number of nitrogens with zero attached hydrogens (tertiary/aromatic N) is 2. The van der Waals surface area contributed by atoms with Crippen LogP contribution in [0.25, 0.3) is 0 Å². The van der Waals surface area contributed by atoms with E-state index in [-0.39, 0.29) is 6.10 Å². The normalized spacial score (nSPS) is 20.2. The van der Waals surface area contributed by atoms with Gasteiger partial charge in [-0.15, -0.1) is 0 Å². The molecule has 104 valence electrons. The third kappa shape index (κ3) is 3.04. The van der Waals surface area contributed by atoms with Gasteiger partial charge in [-0.05, 0) is 33.3 Å². The third-order valence-corrected chi connectivity index (χ3v) is 3.31. The van der Waals surface area contributed by atoms with E-state index in [0.29, 0.717) is 17.8 Å². The topological polar surface area (TPSA) is 62.7 Å². The first-order valence-corrected chi connectivity index (χ1v) is 6.57. The summed E-state index contributed by atoms with van der Waals surface area (Å²) in [6, 6.07) is 1.86. The van der Waals surface area contributed by atoms with Crippen LogP contribution in [-0.4, -0.2) is 41.9 Å². The summed E-state index contributed by atoms with van der Waals surface area (Å²) in [4.78, 5) is 17.8. The summed E-state index contributed by atoms with van der Waals surface area (Å²) in [5.74, 6) is -0.919. The number of pyridine rings is 1. The molecule has 5 heteroatoms. The van der Waals surface area contributed by atoms with Gasteiger partial charge in [-0.2, -0.15) is 0 Å². The van der Waals surface area contributed by atoms with Crippen molar-refractivity contribution in [2.75, 3.05) is 24.6 Å². The summed E-state index contributed by atoms with van der Waals surface area (Å²) >= 11 is 0. The van der Waals surface area contributed by atoms with E-state index < -0.39 is 5.97 Å². The smallest absolute Gasteiger partial charge is 0.339 e. The Bertz CT molecular complexity index is 488. The molecule has 1 atom stereocenters. The molecule has 2 heterocycles. The standard InChI is InChI=1S/C14H20N2O3/c1-9-7-12(13(14(17)18)11(3)15-9)16-5-4-6-19-10(2)8-16/h7,10H,4-6,8H2,1-3H3,(H,17,18). The van der Waals surface area contributed by atoms with Crippen LogP contribution in [0.1, 0.15) is 35.1 Å². The summed E-state index contributed by atoms with van der Waals surface area (Å²) in [6.45, 7) is 7.90. The SMILES string of the molecule is Cc1cc(N2CCCOC(C)C2)c(C(=O)O)c(C)n1. The van der Waals surface area contributed by atoms with Crippen LogP contribution in [-0.2, 0) is 4.74 Å². The summed E-state index contributed by atoms with van der Waals surface area (Å²) in [7, 11) is 0. The molecule has 0 amide bonds. The average Bonchev–Trinajstić information content (AvgIpc) is 2.52. The number of ether oxygens (including phenoxy) is 1. The Kier molecular flexibility index (Phi) is 4.04. The van der Waals surface area contributed by atoms with Crippen molar-refractivity contribution in [2.45, 2.75) is 33.3 Å². The van der Waals surface area contributed by atoms with Crippen molar-refractivity contribution in [2.24, 2.45) is 0 Å². The first kappa shape index (κ1) is 13.8. The van der Waals surface area contributed by atoms with Crippen LogP contribution in [0.5, 0.6) is 0 Å². The number of hydrogen-bond donors (Lipinski definition) is 1. The number of aromatic nitrogens is 1. The molecule has 1 aromatic heterocycles. The van der Waals surface area contributed by atoms with Gasteiger partial charge in [0.05, 0.1) is 17.5 Å². The lowest BCUT2D eigenvalue weighted by Crippen LogP contribution is -2.32. The van der Waals surface area contributed by atoms with Crippen LogP contribution in [0.15, 0.2) is 6.07 Å². The molecule has 2 rings (SSSR count). The van der Waals surface area contributed by atoms with Crippen LogP contribution in [0.4, 0.5) is 5.69 Å². The molecular weight excluding hydrogens is 244 g/mol. The number of aromatic carboxylic acids is 1. The number of anilines is 1. The largest absolute Gasteiger partial charge is 0.478 e. The molecule has 0 spiro atoms. The van der Waals surface area contributed by atoms with Gasteiger partial charge in [-0.25, -0.2) is 4.79 Å². The van der Waals surface area contributed by atoms with Crippen LogP contribution in [0.3, 0.4) is 0 Å². The van der Waals surface area contributed by atoms with Gasteiger partial charge in [0.2, 0.25) is 0 Å². The van der Waals surface area contributed by atoms with Crippen molar-refractivity contribution in [1.29, 1.82) is 0 Å². The van der Waals surface area contributed by atoms with Crippen molar-refractivity contribution in [3.63, 3.8) is 0 Å². The monoisotopic (exact) mass is 264 g/mol. The molecule has 0 radical (unpaired) electrons. The molecule has 19 heavy (non-hydrogen) atoms. The molecule has 1 aliphatic rings. The first-order valence-electron chi connectivity index (χ1n) is 6.57. The molecule has 1 aliphatic heterocycles. The maximum absolute atomic E-state index is 11.5. The number of rotatable bonds is 2. The van der Waals surface area contributed by atoms with Gasteiger partial charge >= 0.3 is 5.97 Å². The predicted molar refractivity (Wildman–Crippen MR) is 72.9 cm³/mol. The number of carbonyl (C=O) groups is 1. The van der Waals surface area contributed by atoms with Gasteiger partial charge in [0.1, 0.15) is 5.56 Å². The quantitative estimate of drug-likeness (QED) is 0.885. The van der Waals surface area contributed by atoms with E-state index in [4.69, 9.17) is 4.74 Å². The molecule has 1 aromatic rings. The fraction of sp³-hybridized carbons (Fsp3) is 0.571. The summed E-state index contributed by atoms with van der Waals surface area (Å²) in [5.41, 5.74) is 2.48. The lowest BCUT2D eigenvalue weighted by Gasteiger charge is -2.26. The van der Waals surface area contributed by atoms with Crippen molar-refractivity contribution in [3.8, 4) is 0 Å². The molecule has 0 aromatic carbocycles. The zero-order valence-corrected chi connectivity index (χ0v) is 11.6. The van der Waals surface area contributed by atoms with Gasteiger partial charge in [-0.3, -0.25) is 4.98 Å². The summed E-state index contributed by atoms with van der Waals surface area (Å²) in [6.07, 6.45) is 1.02. The first-order chi connectivity index (χ1) is 8.99.